The van der Waals surface area contributed by atoms with Gasteiger partial charge >= 0.3 is 23.2 Å². The van der Waals surface area contributed by atoms with Crippen molar-refractivity contribution in [2.75, 3.05) is 12.1 Å². The molecule has 3 unspecified atom stereocenters. The summed E-state index contributed by atoms with van der Waals surface area (Å²) in [4.78, 5) is 43.3. The van der Waals surface area contributed by atoms with E-state index in [-0.39, 0.29) is 12.4 Å². The van der Waals surface area contributed by atoms with E-state index in [2.05, 4.69) is 23.7 Å². The van der Waals surface area contributed by atoms with Crippen LogP contribution < -0.4 is 5.73 Å². The molecule has 18 heteroatoms. The molecule has 0 aliphatic heterocycles. The first-order valence-corrected chi connectivity index (χ1v) is 11.7. The van der Waals surface area contributed by atoms with Gasteiger partial charge in [-0.25, -0.2) is 23.4 Å². The van der Waals surface area contributed by atoms with E-state index in [1.165, 1.54) is 24.0 Å². The quantitative estimate of drug-likeness (QED) is 0.319. The number of hydrogen-bond acceptors (Lipinski definition) is 10. The van der Waals surface area contributed by atoms with E-state index in [9.17, 15) is 18.6 Å². The van der Waals surface area contributed by atoms with Crippen LogP contribution in [0.4, 0.5) is 5.95 Å². The Kier molecular flexibility index (Phi) is 6.55. The third-order valence-corrected chi connectivity index (χ3v) is 6.87. The van der Waals surface area contributed by atoms with E-state index in [1.54, 1.807) is 0 Å². The minimum Gasteiger partial charge on any atom is -0.368 e. The summed E-state index contributed by atoms with van der Waals surface area (Å²) in [5, 5.41) is 3.98. The second-order valence-electron chi connectivity index (χ2n) is 5.21. The number of phosphoric acid groups is 2. The lowest BCUT2D eigenvalue weighted by Crippen LogP contribution is -2.13. The van der Waals surface area contributed by atoms with Crippen molar-refractivity contribution in [1.82, 2.24) is 19.6 Å². The summed E-state index contributed by atoms with van der Waals surface area (Å²) in [5.74, 6) is 0.108. The smallest absolute Gasteiger partial charge is 0.368 e. The Bertz CT molecular complexity index is 959. The van der Waals surface area contributed by atoms with Crippen molar-refractivity contribution in [1.29, 1.82) is 0 Å². The summed E-state index contributed by atoms with van der Waals surface area (Å²) in [6.45, 7) is 1.53. The van der Waals surface area contributed by atoms with Crippen molar-refractivity contribution in [3.63, 3.8) is 0 Å². The van der Waals surface area contributed by atoms with E-state index < -0.39 is 35.7 Å². The third-order valence-electron chi connectivity index (χ3n) is 2.87. The summed E-state index contributed by atoms with van der Waals surface area (Å²) in [7, 11) is -15.8. The molecule has 0 bridgehead atoms. The van der Waals surface area contributed by atoms with Gasteiger partial charge in [-0.1, -0.05) is 0 Å². The van der Waals surface area contributed by atoms with Crippen LogP contribution in [-0.2, 0) is 33.5 Å². The van der Waals surface area contributed by atoms with Crippen LogP contribution in [0.3, 0.4) is 0 Å². The van der Waals surface area contributed by atoms with Crippen molar-refractivity contribution < 1.29 is 46.6 Å². The lowest BCUT2D eigenvalue weighted by atomic mass is 10.2. The largest absolute Gasteiger partial charge is 0.488 e. The Morgan fingerprint density at radius 2 is 1.85 bits per heavy atom. The summed E-state index contributed by atoms with van der Waals surface area (Å²) in [6.07, 6.45) is 1.12. The van der Waals surface area contributed by atoms with Gasteiger partial charge in [-0.05, 0) is 6.92 Å². The monoisotopic (exact) mass is 447 g/mol. The summed E-state index contributed by atoms with van der Waals surface area (Å²) in [5.41, 5.74) is 6.62. The second-order valence-corrected chi connectivity index (χ2v) is 9.97. The summed E-state index contributed by atoms with van der Waals surface area (Å²) >= 11 is 0. The predicted octanol–water partition coefficient (Wildman–Crippen LogP) is 0.0233. The van der Waals surface area contributed by atoms with E-state index >= 15 is 0 Å². The lowest BCUT2D eigenvalue weighted by Gasteiger charge is -2.18. The van der Waals surface area contributed by atoms with Crippen molar-refractivity contribution in [3.8, 4) is 0 Å². The molecule has 0 aromatic carbocycles. The van der Waals surface area contributed by atoms with E-state index in [1.807, 2.05) is 0 Å². The molecule has 0 aliphatic carbocycles. The fourth-order valence-corrected chi connectivity index (χ4v) is 5.33. The first-order valence-electron chi connectivity index (χ1n) is 6.95. The molecule has 15 nitrogen and oxygen atoms in total. The predicted molar refractivity (Wildman–Crippen MR) is 88.2 cm³/mol. The molecule has 0 radical (unpaired) electrons. The summed E-state index contributed by atoms with van der Waals surface area (Å²) in [6, 6.07) is 0. The molecule has 27 heavy (non-hydrogen) atoms. The minimum atomic E-state index is -5.49. The van der Waals surface area contributed by atoms with Crippen LogP contribution >= 0.6 is 23.2 Å². The first kappa shape index (κ1) is 22.1. The van der Waals surface area contributed by atoms with Crippen LogP contribution in [0.25, 0.3) is 5.65 Å². The van der Waals surface area contributed by atoms with Gasteiger partial charge in [0.15, 0.2) is 5.65 Å². The average molecular weight is 447 g/mol. The van der Waals surface area contributed by atoms with Crippen molar-refractivity contribution in [2.24, 2.45) is 0 Å². The Balaban J connectivity index is 1.96. The number of anilines is 1. The number of hydrogen-bond donors (Lipinski definition) is 5. The molecule has 0 fully saturated rings. The number of fused-ring (bicyclic) bond motifs is 1. The Labute approximate surface area is 151 Å². The van der Waals surface area contributed by atoms with Gasteiger partial charge in [-0.2, -0.15) is 13.9 Å². The maximum atomic E-state index is 11.8. The fraction of sp³-hybridized carbons (Fsp3) is 0.444. The summed E-state index contributed by atoms with van der Waals surface area (Å²) < 4.78 is 47.4. The number of aromatic nitrogens is 4. The Morgan fingerprint density at radius 1 is 1.19 bits per heavy atom. The van der Waals surface area contributed by atoms with E-state index in [0.717, 1.165) is 0 Å². The molecular weight excluding hydrogens is 431 g/mol. The number of nitrogens with two attached hydrogens (primary N) is 1. The number of nitrogens with zero attached hydrogens (tertiary/aromatic N) is 4. The third kappa shape index (κ3) is 6.70. The topological polar surface area (TPSA) is 229 Å². The van der Waals surface area contributed by atoms with Crippen LogP contribution in [0.15, 0.2) is 12.5 Å². The van der Waals surface area contributed by atoms with Crippen LogP contribution in [0.2, 0.25) is 0 Å². The van der Waals surface area contributed by atoms with Gasteiger partial charge in [-0.3, -0.25) is 4.57 Å². The van der Waals surface area contributed by atoms with Crippen molar-refractivity contribution in [2.45, 2.75) is 19.4 Å². The molecule has 0 spiro atoms. The maximum Gasteiger partial charge on any atom is 0.488 e. The van der Waals surface area contributed by atoms with Crippen LogP contribution in [0, 0.1) is 0 Å². The zero-order valence-electron chi connectivity index (χ0n) is 13.6. The number of ether oxygens (including phenoxy) is 1. The normalized spacial score (nSPS) is 18.1. The van der Waals surface area contributed by atoms with Gasteiger partial charge in [0.2, 0.25) is 5.95 Å². The molecule has 0 saturated heterocycles. The highest BCUT2D eigenvalue weighted by molar-refractivity contribution is 7.68. The SMILES string of the molecule is CC(Cc1cnn2c(N)ncnc12)OCP(=O)(O)OP(=O)(O)OP(=O)(O)O. The highest BCUT2D eigenvalue weighted by Gasteiger charge is 2.39. The second kappa shape index (κ2) is 8.02. The Hall–Kier alpha value is -1.24. The zero-order valence-corrected chi connectivity index (χ0v) is 16.3. The molecule has 2 aromatic heterocycles. The van der Waals surface area contributed by atoms with Crippen LogP contribution in [0.1, 0.15) is 12.5 Å². The van der Waals surface area contributed by atoms with Crippen LogP contribution in [-0.4, -0.2) is 51.6 Å². The zero-order chi connectivity index (χ0) is 20.5. The molecule has 0 saturated carbocycles. The van der Waals surface area contributed by atoms with Gasteiger partial charge in [0.25, 0.3) is 0 Å². The molecule has 6 N–H and O–H groups in total. The lowest BCUT2D eigenvalue weighted by molar-refractivity contribution is 0.0879. The molecule has 2 rings (SSSR count). The molecule has 3 atom stereocenters. The van der Waals surface area contributed by atoms with Gasteiger partial charge in [0.05, 0.1) is 12.3 Å². The van der Waals surface area contributed by atoms with Gasteiger partial charge in [0.1, 0.15) is 12.7 Å². The van der Waals surface area contributed by atoms with Crippen molar-refractivity contribution >= 4 is 34.8 Å². The van der Waals surface area contributed by atoms with Crippen LogP contribution in [0.5, 0.6) is 0 Å². The van der Waals surface area contributed by atoms with Crippen molar-refractivity contribution in [3.05, 3.63) is 18.1 Å². The highest BCUT2D eigenvalue weighted by atomic mass is 31.3. The molecular formula is C9H16N5O10P3. The number of nitrogen functional groups attached to an aromatic ring is 1. The van der Waals surface area contributed by atoms with E-state index in [4.69, 9.17) is 25.2 Å². The molecule has 2 heterocycles. The van der Waals surface area contributed by atoms with Gasteiger partial charge < -0.3 is 30.0 Å². The first-order chi connectivity index (χ1) is 12.3. The molecule has 152 valence electrons. The fourth-order valence-electron chi connectivity index (χ4n) is 1.95. The standard InChI is InChI=1S/C9H16N5O10P3/c1-6(2-7-3-13-14-8(7)11-4-12-9(14)10)22-5-25(15,16)23-27(20,21)24-26(17,18)19/h3-4,6H,2,5H2,1H3,(H,15,16)(H,20,21)(H2,10,11,12)(H2,17,18,19). The number of rotatable bonds is 9. The molecule has 2 aromatic rings. The highest BCUT2D eigenvalue weighted by Crippen LogP contribution is 2.65. The molecule has 0 amide bonds. The average Bonchev–Trinajstić information content (AvgIpc) is 2.86. The van der Waals surface area contributed by atoms with Gasteiger partial charge in [0, 0.05) is 12.0 Å². The van der Waals surface area contributed by atoms with Gasteiger partial charge in [-0.15, -0.1) is 0 Å². The molecule has 0 aliphatic rings. The Morgan fingerprint density at radius 3 is 2.48 bits per heavy atom. The minimum absolute atomic E-state index is 0.108. The van der Waals surface area contributed by atoms with E-state index in [0.29, 0.717) is 11.2 Å². The maximum absolute atomic E-state index is 11.8.